The number of carbonyl (C=O) groups excluding carboxylic acids is 3. The molecular formula is C58H101O11P. The first-order chi connectivity index (χ1) is 34.2. The Hall–Kier alpha value is -3.08. The molecule has 0 fully saturated rings. The molecule has 0 amide bonds. The molecule has 0 aliphatic carbocycles. The van der Waals surface area contributed by atoms with Gasteiger partial charge in [0.05, 0.1) is 19.8 Å². The molecule has 0 heterocycles. The predicted molar refractivity (Wildman–Crippen MR) is 288 cm³/mol. The van der Waals surface area contributed by atoms with E-state index in [1.807, 2.05) is 0 Å². The smallest absolute Gasteiger partial charge is 0.462 e. The highest BCUT2D eigenvalue weighted by molar-refractivity contribution is 7.47. The van der Waals surface area contributed by atoms with Crippen molar-refractivity contribution in [3.8, 4) is 0 Å². The molecule has 0 aliphatic heterocycles. The maximum absolute atomic E-state index is 12.9. The summed E-state index contributed by atoms with van der Waals surface area (Å²) < 4.78 is 39.4. The van der Waals surface area contributed by atoms with Crippen molar-refractivity contribution >= 4 is 25.7 Å². The summed E-state index contributed by atoms with van der Waals surface area (Å²) in [5.41, 5.74) is 0. The van der Waals surface area contributed by atoms with Crippen LogP contribution in [0.15, 0.2) is 72.9 Å². The van der Waals surface area contributed by atoms with Gasteiger partial charge in [0.1, 0.15) is 12.7 Å². The van der Waals surface area contributed by atoms with Gasteiger partial charge in [-0.15, -0.1) is 0 Å². The van der Waals surface area contributed by atoms with Gasteiger partial charge in [0.15, 0.2) is 6.10 Å². The monoisotopic (exact) mass is 1000 g/mol. The van der Waals surface area contributed by atoms with Crippen molar-refractivity contribution in [3.05, 3.63) is 72.9 Å². The molecule has 404 valence electrons. The van der Waals surface area contributed by atoms with Gasteiger partial charge >= 0.3 is 25.7 Å². The number of rotatable bonds is 51. The van der Waals surface area contributed by atoms with Crippen LogP contribution in [0.1, 0.15) is 239 Å². The molecule has 0 aromatic carbocycles. The Bertz CT molecular complexity index is 1450. The summed E-state index contributed by atoms with van der Waals surface area (Å²) in [6.07, 6.45) is 57.3. The van der Waals surface area contributed by atoms with E-state index in [4.69, 9.17) is 23.3 Å². The number of ether oxygens (including phenoxy) is 3. The predicted octanol–water partition coefficient (Wildman–Crippen LogP) is 16.1. The van der Waals surface area contributed by atoms with Crippen LogP contribution in [0.25, 0.3) is 0 Å². The van der Waals surface area contributed by atoms with E-state index in [1.54, 1.807) is 0 Å². The fourth-order valence-electron chi connectivity index (χ4n) is 7.38. The Morgan fingerprint density at radius 1 is 0.414 bits per heavy atom. The van der Waals surface area contributed by atoms with Crippen molar-refractivity contribution in [3.63, 3.8) is 0 Å². The zero-order valence-corrected chi connectivity index (χ0v) is 45.4. The number of unbranched alkanes of at least 4 members (excludes halogenated alkanes) is 22. The molecule has 0 saturated carbocycles. The minimum absolute atomic E-state index is 0.127. The Labute approximate surface area is 427 Å². The molecule has 0 radical (unpaired) electrons. The fraction of sp³-hybridized carbons (Fsp3) is 0.741. The van der Waals surface area contributed by atoms with Gasteiger partial charge < -0.3 is 24.2 Å². The zero-order chi connectivity index (χ0) is 51.3. The van der Waals surface area contributed by atoms with Gasteiger partial charge in [-0.25, -0.2) is 4.57 Å². The Morgan fingerprint density at radius 2 is 0.743 bits per heavy atom. The lowest BCUT2D eigenvalue weighted by molar-refractivity contribution is -0.161. The van der Waals surface area contributed by atoms with Crippen LogP contribution in [-0.2, 0) is 42.2 Å². The normalized spacial score (nSPS) is 14.0. The third-order valence-corrected chi connectivity index (χ3v) is 12.6. The largest absolute Gasteiger partial charge is 0.472 e. The van der Waals surface area contributed by atoms with E-state index >= 15 is 0 Å². The molecule has 12 heteroatoms. The molecule has 70 heavy (non-hydrogen) atoms. The molecule has 0 rings (SSSR count). The van der Waals surface area contributed by atoms with Gasteiger partial charge in [0.2, 0.25) is 0 Å². The average Bonchev–Trinajstić information content (AvgIpc) is 3.35. The van der Waals surface area contributed by atoms with Crippen LogP contribution in [-0.4, -0.2) is 66.5 Å². The maximum atomic E-state index is 12.9. The van der Waals surface area contributed by atoms with Gasteiger partial charge in [-0.3, -0.25) is 23.4 Å². The summed E-state index contributed by atoms with van der Waals surface area (Å²) in [7, 11) is -4.75. The average molecular weight is 1010 g/mol. The Morgan fingerprint density at radius 3 is 1.17 bits per heavy atom. The van der Waals surface area contributed by atoms with E-state index in [1.165, 1.54) is 70.6 Å². The van der Waals surface area contributed by atoms with Crippen molar-refractivity contribution < 1.29 is 52.2 Å². The first kappa shape index (κ1) is 66.9. The minimum atomic E-state index is -4.75. The molecule has 11 nitrogen and oxygen atoms in total. The van der Waals surface area contributed by atoms with Crippen LogP contribution in [0.5, 0.6) is 0 Å². The maximum Gasteiger partial charge on any atom is 0.472 e. The van der Waals surface area contributed by atoms with E-state index in [0.29, 0.717) is 19.3 Å². The highest BCUT2D eigenvalue weighted by Crippen LogP contribution is 2.43. The van der Waals surface area contributed by atoms with E-state index in [9.17, 15) is 28.9 Å². The van der Waals surface area contributed by atoms with Gasteiger partial charge in [0.25, 0.3) is 0 Å². The molecule has 0 saturated heterocycles. The van der Waals surface area contributed by atoms with Crippen molar-refractivity contribution in [1.82, 2.24) is 0 Å². The summed E-state index contributed by atoms with van der Waals surface area (Å²) in [4.78, 5) is 48.3. The summed E-state index contributed by atoms with van der Waals surface area (Å²) in [6, 6.07) is 0. The highest BCUT2D eigenvalue weighted by atomic mass is 31.2. The molecule has 3 unspecified atom stereocenters. The second-order valence-electron chi connectivity index (χ2n) is 18.4. The number of carbonyl (C=O) groups is 3. The molecule has 0 aromatic heterocycles. The quantitative estimate of drug-likeness (QED) is 0.0197. The Balaban J connectivity index is 4.72. The van der Waals surface area contributed by atoms with Crippen molar-refractivity contribution in [1.29, 1.82) is 0 Å². The molecule has 0 aliphatic rings. The summed E-state index contributed by atoms with van der Waals surface area (Å²) in [5.74, 6) is -1.51. The molecular weight excluding hydrogens is 904 g/mol. The molecule has 0 bridgehead atoms. The number of aliphatic hydroxyl groups is 1. The second-order valence-corrected chi connectivity index (χ2v) is 19.8. The standard InChI is InChI=1S/C58H101O11P/c1-4-7-10-13-16-19-21-23-25-26-27-28-30-32-34-37-40-43-46-49-58(62)69-55(51-65-56(60)47-44-41-38-35-18-15-12-9-6-3)53-67-70(63,64)66-52-54(50-59)68-57(61)48-45-42-39-36-33-31-29-24-22-20-17-14-11-8-5-2/h7,10,16,19,23-25,27-29,32,34,54-55,59H,4-6,8-9,11-15,17-18,20-22,26,30-31,33,35-53H2,1-3H3,(H,63,64)/b10-7-,19-16-,25-23-,28-27-,29-24-,34-32-. The van der Waals surface area contributed by atoms with Crippen molar-refractivity contribution in [2.24, 2.45) is 0 Å². The lowest BCUT2D eigenvalue weighted by Gasteiger charge is -2.21. The summed E-state index contributed by atoms with van der Waals surface area (Å²) in [6.45, 7) is 4.45. The minimum Gasteiger partial charge on any atom is -0.462 e. The number of aliphatic hydroxyl groups excluding tert-OH is 1. The lowest BCUT2D eigenvalue weighted by atomic mass is 10.1. The number of phosphoric ester groups is 1. The molecule has 0 spiro atoms. The van der Waals surface area contributed by atoms with Crippen molar-refractivity contribution in [2.45, 2.75) is 251 Å². The van der Waals surface area contributed by atoms with Gasteiger partial charge in [-0.1, -0.05) is 203 Å². The first-order valence-electron chi connectivity index (χ1n) is 27.8. The van der Waals surface area contributed by atoms with Crippen LogP contribution < -0.4 is 0 Å². The summed E-state index contributed by atoms with van der Waals surface area (Å²) in [5, 5.41) is 9.79. The van der Waals surface area contributed by atoms with E-state index in [2.05, 4.69) is 93.7 Å². The number of phosphoric acid groups is 1. The summed E-state index contributed by atoms with van der Waals surface area (Å²) >= 11 is 0. The molecule has 2 N–H and O–H groups in total. The number of hydrogen-bond acceptors (Lipinski definition) is 10. The van der Waals surface area contributed by atoms with E-state index in [0.717, 1.165) is 109 Å². The van der Waals surface area contributed by atoms with Crippen LogP contribution in [0.4, 0.5) is 0 Å². The lowest BCUT2D eigenvalue weighted by Crippen LogP contribution is -2.30. The number of hydrogen-bond donors (Lipinski definition) is 2. The third kappa shape index (κ3) is 49.9. The fourth-order valence-corrected chi connectivity index (χ4v) is 8.16. The number of esters is 3. The SMILES string of the molecule is CC/C=C\C/C=C\C/C=C\C/C=C\C/C=C\CCCCCC(=O)OC(COC(=O)CCCCCCCCCCC)COP(=O)(O)OCC(CO)OC(=O)CCCCCCC/C=C\CCCCCCCC. The van der Waals surface area contributed by atoms with Crippen LogP contribution >= 0.6 is 7.82 Å². The highest BCUT2D eigenvalue weighted by Gasteiger charge is 2.28. The number of allylic oxidation sites excluding steroid dienone is 12. The van der Waals surface area contributed by atoms with Crippen LogP contribution in [0, 0.1) is 0 Å². The van der Waals surface area contributed by atoms with Gasteiger partial charge in [0, 0.05) is 19.3 Å². The topological polar surface area (TPSA) is 155 Å². The van der Waals surface area contributed by atoms with Crippen LogP contribution in [0.2, 0.25) is 0 Å². The van der Waals surface area contributed by atoms with E-state index in [-0.39, 0.29) is 25.9 Å². The molecule has 3 atom stereocenters. The van der Waals surface area contributed by atoms with Crippen LogP contribution in [0.3, 0.4) is 0 Å². The van der Waals surface area contributed by atoms with Crippen molar-refractivity contribution in [2.75, 3.05) is 26.4 Å². The van der Waals surface area contributed by atoms with E-state index < -0.39 is 57.8 Å². The van der Waals surface area contributed by atoms with Gasteiger partial charge in [-0.2, -0.15) is 0 Å². The van der Waals surface area contributed by atoms with Gasteiger partial charge in [-0.05, 0) is 89.9 Å². The zero-order valence-electron chi connectivity index (χ0n) is 44.5. The first-order valence-corrected chi connectivity index (χ1v) is 29.3. The Kier molecular flexibility index (Phi) is 50.0. The molecule has 0 aromatic rings. The third-order valence-electron chi connectivity index (χ3n) is 11.6. The second kappa shape index (κ2) is 52.2.